The van der Waals surface area contributed by atoms with Crippen LogP contribution in [0.15, 0.2) is 12.7 Å². The van der Waals surface area contributed by atoms with Gasteiger partial charge in [-0.15, -0.1) is 6.58 Å². The van der Waals surface area contributed by atoms with Gasteiger partial charge >= 0.3 is 6.09 Å². The molecule has 0 aromatic heterocycles. The fraction of sp³-hybridized carbons (Fsp3) is 0.786. The number of amides is 1. The quantitative estimate of drug-likeness (QED) is 0.721. The zero-order chi connectivity index (χ0) is 13.8. The molecule has 4 heteroatoms. The van der Waals surface area contributed by atoms with Crippen molar-refractivity contribution in [3.63, 3.8) is 0 Å². The highest BCUT2D eigenvalue weighted by molar-refractivity contribution is 5.68. The average molecular weight is 257 g/mol. The molecule has 18 heavy (non-hydrogen) atoms. The number of hydrogen-bond acceptors (Lipinski definition) is 2. The summed E-state index contributed by atoms with van der Waals surface area (Å²) in [4.78, 5) is 13.4. The maximum atomic E-state index is 13.8. The van der Waals surface area contributed by atoms with Gasteiger partial charge in [0.05, 0.1) is 0 Å². The van der Waals surface area contributed by atoms with Crippen molar-refractivity contribution < 1.29 is 13.9 Å². The molecule has 1 rings (SSSR count). The molecule has 0 aromatic carbocycles. The van der Waals surface area contributed by atoms with Crippen LogP contribution in [-0.4, -0.2) is 35.9 Å². The predicted molar refractivity (Wildman–Crippen MR) is 70.2 cm³/mol. The standard InChI is InChI=1S/C14H24FNO2/c1-5-6-7-12(15)11-8-9-16(10-11)13(17)18-14(2,3)4/h5,11-12H,1,6-10H2,2-4H3/t11-,12+/m1/s1. The lowest BCUT2D eigenvalue weighted by Crippen LogP contribution is -2.36. The molecule has 0 radical (unpaired) electrons. The molecule has 104 valence electrons. The summed E-state index contributed by atoms with van der Waals surface area (Å²) < 4.78 is 19.1. The minimum Gasteiger partial charge on any atom is -0.444 e. The second-order valence-corrected chi connectivity index (χ2v) is 5.86. The smallest absolute Gasteiger partial charge is 0.410 e. The van der Waals surface area contributed by atoms with Crippen LogP contribution in [0.3, 0.4) is 0 Å². The summed E-state index contributed by atoms with van der Waals surface area (Å²) in [5, 5.41) is 0. The number of alkyl halides is 1. The summed E-state index contributed by atoms with van der Waals surface area (Å²) in [7, 11) is 0. The second kappa shape index (κ2) is 6.21. The first-order valence-electron chi connectivity index (χ1n) is 6.56. The van der Waals surface area contributed by atoms with Crippen molar-refractivity contribution in [2.45, 2.75) is 51.8 Å². The highest BCUT2D eigenvalue weighted by atomic mass is 19.1. The number of ether oxygens (including phenoxy) is 1. The van der Waals surface area contributed by atoms with Crippen molar-refractivity contribution >= 4 is 6.09 Å². The Kier molecular flexibility index (Phi) is 5.17. The van der Waals surface area contributed by atoms with Crippen LogP contribution in [0.5, 0.6) is 0 Å². The summed E-state index contributed by atoms with van der Waals surface area (Å²) in [6.45, 7) is 10.1. The van der Waals surface area contributed by atoms with Crippen LogP contribution in [0, 0.1) is 5.92 Å². The van der Waals surface area contributed by atoms with Crippen LogP contribution < -0.4 is 0 Å². The van der Waals surface area contributed by atoms with E-state index in [0.29, 0.717) is 25.9 Å². The van der Waals surface area contributed by atoms with Crippen LogP contribution in [0.4, 0.5) is 9.18 Å². The van der Waals surface area contributed by atoms with Crippen LogP contribution in [0.2, 0.25) is 0 Å². The summed E-state index contributed by atoms with van der Waals surface area (Å²) in [5.41, 5.74) is -0.493. The molecule has 1 amide bonds. The third-order valence-electron chi connectivity index (χ3n) is 3.03. The van der Waals surface area contributed by atoms with E-state index in [0.717, 1.165) is 6.42 Å². The fourth-order valence-corrected chi connectivity index (χ4v) is 2.09. The van der Waals surface area contributed by atoms with Crippen molar-refractivity contribution in [1.82, 2.24) is 4.90 Å². The number of nitrogens with zero attached hydrogens (tertiary/aromatic N) is 1. The number of halogens is 1. The topological polar surface area (TPSA) is 29.5 Å². The Morgan fingerprint density at radius 1 is 1.61 bits per heavy atom. The zero-order valence-electron chi connectivity index (χ0n) is 11.6. The molecule has 0 saturated carbocycles. The first kappa shape index (κ1) is 15.0. The molecule has 1 heterocycles. The number of hydrogen-bond donors (Lipinski definition) is 0. The van der Waals surface area contributed by atoms with E-state index >= 15 is 0 Å². The number of carbonyl (C=O) groups excluding carboxylic acids is 1. The maximum Gasteiger partial charge on any atom is 0.410 e. The summed E-state index contributed by atoms with van der Waals surface area (Å²) in [5.74, 6) is -0.0579. The largest absolute Gasteiger partial charge is 0.444 e. The highest BCUT2D eigenvalue weighted by Crippen LogP contribution is 2.26. The van der Waals surface area contributed by atoms with E-state index in [9.17, 15) is 9.18 Å². The lowest BCUT2D eigenvalue weighted by molar-refractivity contribution is 0.0281. The van der Waals surface area contributed by atoms with E-state index in [-0.39, 0.29) is 12.0 Å². The van der Waals surface area contributed by atoms with Gasteiger partial charge in [-0.3, -0.25) is 0 Å². The lowest BCUT2D eigenvalue weighted by atomic mass is 9.99. The van der Waals surface area contributed by atoms with E-state index in [2.05, 4.69) is 6.58 Å². The molecular weight excluding hydrogens is 233 g/mol. The molecule has 0 spiro atoms. The molecular formula is C14H24FNO2. The monoisotopic (exact) mass is 257 g/mol. The Hall–Kier alpha value is -1.06. The van der Waals surface area contributed by atoms with Gasteiger partial charge < -0.3 is 9.64 Å². The van der Waals surface area contributed by atoms with E-state index in [1.54, 1.807) is 11.0 Å². The number of carbonyl (C=O) groups is 1. The van der Waals surface area contributed by atoms with Gasteiger partial charge in [0.2, 0.25) is 0 Å². The Bertz CT molecular complexity index is 299. The molecule has 1 aliphatic heterocycles. The highest BCUT2D eigenvalue weighted by Gasteiger charge is 2.33. The third kappa shape index (κ3) is 4.67. The fourth-order valence-electron chi connectivity index (χ4n) is 2.09. The Morgan fingerprint density at radius 3 is 2.83 bits per heavy atom. The van der Waals surface area contributed by atoms with Gasteiger partial charge in [-0.1, -0.05) is 6.08 Å². The van der Waals surface area contributed by atoms with Crippen molar-refractivity contribution in [1.29, 1.82) is 0 Å². The molecule has 1 saturated heterocycles. The minimum absolute atomic E-state index is 0.0579. The molecule has 0 unspecified atom stereocenters. The van der Waals surface area contributed by atoms with Gasteiger partial charge in [-0.2, -0.15) is 0 Å². The molecule has 1 fully saturated rings. The van der Waals surface area contributed by atoms with E-state index < -0.39 is 11.8 Å². The molecule has 0 N–H and O–H groups in total. The van der Waals surface area contributed by atoms with Crippen LogP contribution in [0.1, 0.15) is 40.0 Å². The van der Waals surface area contributed by atoms with E-state index in [4.69, 9.17) is 4.74 Å². The van der Waals surface area contributed by atoms with Crippen LogP contribution in [0.25, 0.3) is 0 Å². The van der Waals surface area contributed by atoms with E-state index in [1.807, 2.05) is 20.8 Å². The van der Waals surface area contributed by atoms with E-state index in [1.165, 1.54) is 0 Å². The molecule has 3 nitrogen and oxygen atoms in total. The maximum absolute atomic E-state index is 13.8. The van der Waals surface area contributed by atoms with Gasteiger partial charge in [0, 0.05) is 19.0 Å². The number of rotatable bonds is 4. The molecule has 0 aromatic rings. The van der Waals surface area contributed by atoms with Crippen molar-refractivity contribution in [3.05, 3.63) is 12.7 Å². The summed E-state index contributed by atoms with van der Waals surface area (Å²) >= 11 is 0. The molecule has 0 bridgehead atoms. The van der Waals surface area contributed by atoms with Crippen LogP contribution in [-0.2, 0) is 4.74 Å². The predicted octanol–water partition coefficient (Wildman–Crippen LogP) is 3.55. The number of likely N-dealkylation sites (tertiary alicyclic amines) is 1. The first-order chi connectivity index (χ1) is 8.33. The van der Waals surface area contributed by atoms with Crippen molar-refractivity contribution in [2.75, 3.05) is 13.1 Å². The number of allylic oxidation sites excluding steroid dienone is 1. The Morgan fingerprint density at radius 2 is 2.28 bits per heavy atom. The van der Waals surface area contributed by atoms with Gasteiger partial charge in [0.15, 0.2) is 0 Å². The van der Waals surface area contributed by atoms with Crippen LogP contribution >= 0.6 is 0 Å². The minimum atomic E-state index is -0.851. The first-order valence-corrected chi connectivity index (χ1v) is 6.56. The van der Waals surface area contributed by atoms with Crippen molar-refractivity contribution in [2.24, 2.45) is 5.92 Å². The van der Waals surface area contributed by atoms with Gasteiger partial charge in [0.25, 0.3) is 0 Å². The van der Waals surface area contributed by atoms with Gasteiger partial charge in [-0.25, -0.2) is 9.18 Å². The molecule has 0 aliphatic carbocycles. The van der Waals surface area contributed by atoms with Crippen molar-refractivity contribution in [3.8, 4) is 0 Å². The Balaban J connectivity index is 2.41. The normalized spacial score (nSPS) is 21.8. The SMILES string of the molecule is C=CCC[C@H](F)[C@@H]1CCN(C(=O)OC(C)(C)C)C1. The molecule has 2 atom stereocenters. The van der Waals surface area contributed by atoms with Gasteiger partial charge in [-0.05, 0) is 40.0 Å². The van der Waals surface area contributed by atoms with Gasteiger partial charge in [0.1, 0.15) is 11.8 Å². The average Bonchev–Trinajstić information content (AvgIpc) is 2.72. The zero-order valence-corrected chi connectivity index (χ0v) is 11.6. The lowest BCUT2D eigenvalue weighted by Gasteiger charge is -2.24. The summed E-state index contributed by atoms with van der Waals surface area (Å²) in [6.07, 6.45) is 2.45. The summed E-state index contributed by atoms with van der Waals surface area (Å²) in [6, 6.07) is 0. The third-order valence-corrected chi connectivity index (χ3v) is 3.03. The Labute approximate surface area is 109 Å². The molecule has 1 aliphatic rings. The second-order valence-electron chi connectivity index (χ2n) is 5.86.